The van der Waals surface area contributed by atoms with E-state index in [-0.39, 0.29) is 23.0 Å². The Morgan fingerprint density at radius 2 is 1.97 bits per heavy atom. The standard InChI is InChI=1S/C20H20N2O5S2/c1-12(8-19(24)21-15-5-3-4-14(9-15)13(2)23)29(26,27)16-6-7-18-17(10-16)22-20(25)11-28-18/h3-7,9-10,12H,8,11H2,1-2H3,(H,21,24)(H,22,25). The van der Waals surface area contributed by atoms with Crippen molar-refractivity contribution in [3.8, 4) is 0 Å². The number of carbonyl (C=O) groups is 3. The summed E-state index contributed by atoms with van der Waals surface area (Å²) in [6.45, 7) is 2.89. The van der Waals surface area contributed by atoms with Gasteiger partial charge in [0, 0.05) is 22.6 Å². The first-order valence-electron chi connectivity index (χ1n) is 8.88. The molecular weight excluding hydrogens is 412 g/mol. The average molecular weight is 433 g/mol. The van der Waals surface area contributed by atoms with Gasteiger partial charge in [0.2, 0.25) is 11.8 Å². The van der Waals surface area contributed by atoms with Gasteiger partial charge in [-0.25, -0.2) is 8.42 Å². The van der Waals surface area contributed by atoms with Crippen LogP contribution in [0, 0.1) is 0 Å². The van der Waals surface area contributed by atoms with Crippen molar-refractivity contribution in [2.24, 2.45) is 0 Å². The Balaban J connectivity index is 1.72. The van der Waals surface area contributed by atoms with Crippen LogP contribution < -0.4 is 10.6 Å². The summed E-state index contributed by atoms with van der Waals surface area (Å²) in [4.78, 5) is 36.2. The summed E-state index contributed by atoms with van der Waals surface area (Å²) in [6.07, 6.45) is -0.245. The topological polar surface area (TPSA) is 109 Å². The summed E-state index contributed by atoms with van der Waals surface area (Å²) in [7, 11) is -3.77. The van der Waals surface area contributed by atoms with Crippen LogP contribution >= 0.6 is 11.8 Å². The molecule has 152 valence electrons. The molecule has 2 N–H and O–H groups in total. The normalized spacial score (nSPS) is 14.5. The fourth-order valence-electron chi connectivity index (χ4n) is 2.87. The zero-order valence-corrected chi connectivity index (χ0v) is 17.5. The molecule has 0 saturated carbocycles. The van der Waals surface area contributed by atoms with Gasteiger partial charge in [0.15, 0.2) is 15.6 Å². The molecular formula is C20H20N2O5S2. The van der Waals surface area contributed by atoms with Crippen molar-refractivity contribution in [1.82, 2.24) is 0 Å². The first-order chi connectivity index (χ1) is 13.7. The van der Waals surface area contributed by atoms with Crippen LogP contribution in [-0.2, 0) is 19.4 Å². The molecule has 0 radical (unpaired) electrons. The molecule has 0 saturated heterocycles. The lowest BCUT2D eigenvalue weighted by atomic mass is 10.1. The average Bonchev–Trinajstić information content (AvgIpc) is 2.67. The monoisotopic (exact) mass is 432 g/mol. The summed E-state index contributed by atoms with van der Waals surface area (Å²) in [5, 5.41) is 4.33. The van der Waals surface area contributed by atoms with E-state index in [0.29, 0.717) is 22.7 Å². The number of Topliss-reactive ketones (excluding diaryl/α,β-unsaturated/α-hetero) is 1. The Kier molecular flexibility index (Phi) is 6.09. The highest BCUT2D eigenvalue weighted by Gasteiger charge is 2.27. The maximum Gasteiger partial charge on any atom is 0.234 e. The predicted octanol–water partition coefficient (Wildman–Crippen LogP) is 3.12. The van der Waals surface area contributed by atoms with Crippen LogP contribution in [0.15, 0.2) is 52.3 Å². The number of nitrogens with one attached hydrogen (secondary N) is 2. The maximum absolute atomic E-state index is 12.9. The Bertz CT molecular complexity index is 1100. The number of sulfone groups is 1. The fourth-order valence-corrected chi connectivity index (χ4v) is 5.03. The summed E-state index contributed by atoms with van der Waals surface area (Å²) < 4.78 is 25.8. The molecule has 2 aromatic carbocycles. The third-order valence-electron chi connectivity index (χ3n) is 4.47. The Hall–Kier alpha value is -2.65. The number of anilines is 2. The smallest absolute Gasteiger partial charge is 0.234 e. The van der Waals surface area contributed by atoms with E-state index in [4.69, 9.17) is 0 Å². The molecule has 2 aromatic rings. The van der Waals surface area contributed by atoms with Crippen molar-refractivity contribution in [2.75, 3.05) is 16.4 Å². The van der Waals surface area contributed by atoms with Crippen molar-refractivity contribution in [2.45, 2.75) is 35.3 Å². The van der Waals surface area contributed by atoms with E-state index in [1.807, 2.05) is 0 Å². The first-order valence-corrected chi connectivity index (χ1v) is 11.4. The van der Waals surface area contributed by atoms with Gasteiger partial charge in [-0.05, 0) is 44.2 Å². The van der Waals surface area contributed by atoms with Crippen molar-refractivity contribution in [1.29, 1.82) is 0 Å². The largest absolute Gasteiger partial charge is 0.326 e. The van der Waals surface area contributed by atoms with Gasteiger partial charge < -0.3 is 10.6 Å². The number of hydrogen-bond donors (Lipinski definition) is 2. The lowest BCUT2D eigenvalue weighted by Crippen LogP contribution is -2.25. The minimum Gasteiger partial charge on any atom is -0.326 e. The Labute approximate surface area is 173 Å². The first kappa shape index (κ1) is 21.1. The lowest BCUT2D eigenvalue weighted by molar-refractivity contribution is -0.116. The van der Waals surface area contributed by atoms with Crippen molar-refractivity contribution >= 4 is 50.6 Å². The number of fused-ring (bicyclic) bond motifs is 1. The van der Waals surface area contributed by atoms with Gasteiger partial charge in [-0.15, -0.1) is 11.8 Å². The molecule has 0 fully saturated rings. The SMILES string of the molecule is CC(=O)c1cccc(NC(=O)CC(C)S(=O)(=O)c2ccc3c(c2)NC(=O)CS3)c1. The summed E-state index contributed by atoms with van der Waals surface area (Å²) in [5.74, 6) is -0.490. The second kappa shape index (κ2) is 8.38. The molecule has 0 bridgehead atoms. The molecule has 7 nitrogen and oxygen atoms in total. The van der Waals surface area contributed by atoms with Gasteiger partial charge in [0.25, 0.3) is 0 Å². The second-order valence-corrected chi connectivity index (χ2v) is 10.1. The number of carbonyl (C=O) groups excluding carboxylic acids is 3. The molecule has 2 amide bonds. The highest BCUT2D eigenvalue weighted by Crippen LogP contribution is 2.34. The van der Waals surface area contributed by atoms with E-state index >= 15 is 0 Å². The second-order valence-electron chi connectivity index (χ2n) is 6.74. The van der Waals surface area contributed by atoms with E-state index in [2.05, 4.69) is 10.6 Å². The predicted molar refractivity (Wildman–Crippen MR) is 112 cm³/mol. The Morgan fingerprint density at radius 1 is 1.21 bits per heavy atom. The molecule has 1 heterocycles. The van der Waals surface area contributed by atoms with E-state index in [1.54, 1.807) is 30.3 Å². The number of thioether (sulfide) groups is 1. The van der Waals surface area contributed by atoms with Crippen molar-refractivity contribution in [3.63, 3.8) is 0 Å². The van der Waals surface area contributed by atoms with Gasteiger partial charge in [0.1, 0.15) is 0 Å². The molecule has 0 aliphatic carbocycles. The summed E-state index contributed by atoms with van der Waals surface area (Å²) >= 11 is 1.34. The molecule has 0 aromatic heterocycles. The third-order valence-corrected chi connectivity index (χ3v) is 7.68. The summed E-state index contributed by atoms with van der Waals surface area (Å²) in [5.41, 5.74) is 1.35. The van der Waals surface area contributed by atoms with E-state index < -0.39 is 21.0 Å². The van der Waals surface area contributed by atoms with Crippen LogP contribution in [0.5, 0.6) is 0 Å². The number of benzene rings is 2. The molecule has 1 unspecified atom stereocenters. The van der Waals surface area contributed by atoms with E-state index in [9.17, 15) is 22.8 Å². The third kappa shape index (κ3) is 4.86. The molecule has 3 rings (SSSR count). The van der Waals surface area contributed by atoms with Gasteiger partial charge in [-0.2, -0.15) is 0 Å². The van der Waals surface area contributed by atoms with Crippen molar-refractivity contribution in [3.05, 3.63) is 48.0 Å². The van der Waals surface area contributed by atoms with Crippen LogP contribution in [0.4, 0.5) is 11.4 Å². The molecule has 0 spiro atoms. The quantitative estimate of drug-likeness (QED) is 0.679. The van der Waals surface area contributed by atoms with Gasteiger partial charge >= 0.3 is 0 Å². The molecule has 1 atom stereocenters. The molecule has 9 heteroatoms. The number of ketones is 1. The Morgan fingerprint density at radius 3 is 2.69 bits per heavy atom. The van der Waals surface area contributed by atoms with Crippen LogP contribution in [0.2, 0.25) is 0 Å². The van der Waals surface area contributed by atoms with Gasteiger partial charge in [0.05, 0.1) is 21.6 Å². The van der Waals surface area contributed by atoms with Gasteiger partial charge in [-0.1, -0.05) is 12.1 Å². The van der Waals surface area contributed by atoms with Crippen molar-refractivity contribution < 1.29 is 22.8 Å². The molecule has 1 aliphatic heterocycles. The minimum absolute atomic E-state index is 0.0536. The minimum atomic E-state index is -3.77. The van der Waals surface area contributed by atoms with Crippen LogP contribution in [0.1, 0.15) is 30.6 Å². The highest BCUT2D eigenvalue weighted by molar-refractivity contribution is 8.00. The lowest BCUT2D eigenvalue weighted by Gasteiger charge is -2.18. The maximum atomic E-state index is 12.9. The molecule has 1 aliphatic rings. The number of amides is 2. The fraction of sp³-hybridized carbons (Fsp3) is 0.250. The van der Waals surface area contributed by atoms with Crippen LogP contribution in [0.3, 0.4) is 0 Å². The van der Waals surface area contributed by atoms with E-state index in [0.717, 1.165) is 4.90 Å². The van der Waals surface area contributed by atoms with E-state index in [1.165, 1.54) is 37.7 Å². The zero-order valence-electron chi connectivity index (χ0n) is 15.9. The highest BCUT2D eigenvalue weighted by atomic mass is 32.2. The van der Waals surface area contributed by atoms with Crippen LogP contribution in [0.25, 0.3) is 0 Å². The number of rotatable bonds is 6. The van der Waals surface area contributed by atoms with Gasteiger partial charge in [-0.3, -0.25) is 14.4 Å². The number of hydrogen-bond acceptors (Lipinski definition) is 6. The summed E-state index contributed by atoms with van der Waals surface area (Å²) in [6, 6.07) is 11.0. The molecule has 29 heavy (non-hydrogen) atoms. The zero-order chi connectivity index (χ0) is 21.2. The van der Waals surface area contributed by atoms with Crippen LogP contribution in [-0.4, -0.2) is 37.0 Å².